The monoisotopic (exact) mass is 269 g/mol. The van der Waals surface area contributed by atoms with Crippen molar-refractivity contribution in [2.75, 3.05) is 0 Å². The molecule has 0 bridgehead atoms. The Morgan fingerprint density at radius 1 is 1.30 bits per heavy atom. The Labute approximate surface area is 115 Å². The summed E-state index contributed by atoms with van der Waals surface area (Å²) in [5.41, 5.74) is 8.66. The molecule has 102 valence electrons. The maximum atomic E-state index is 11.7. The number of benzene rings is 1. The van der Waals surface area contributed by atoms with Crippen LogP contribution in [0.4, 0.5) is 0 Å². The fourth-order valence-corrected chi connectivity index (χ4v) is 2.34. The smallest absolute Gasteiger partial charge is 0.249 e. The summed E-state index contributed by atoms with van der Waals surface area (Å²) in [6.07, 6.45) is 5.18. The SMILES string of the molecule is CC(C)n1ncc2c(C(N)=O)cc(-c3cn[nH]c3)cc21. The number of amides is 1. The number of aromatic nitrogens is 4. The molecule has 0 radical (unpaired) electrons. The highest BCUT2D eigenvalue weighted by Gasteiger charge is 2.15. The van der Waals surface area contributed by atoms with Gasteiger partial charge in [0.1, 0.15) is 0 Å². The van der Waals surface area contributed by atoms with E-state index >= 15 is 0 Å². The Balaban J connectivity index is 2.33. The molecule has 20 heavy (non-hydrogen) atoms. The highest BCUT2D eigenvalue weighted by Crippen LogP contribution is 2.28. The number of carbonyl (C=O) groups excluding carboxylic acids is 1. The summed E-state index contributed by atoms with van der Waals surface area (Å²) in [7, 11) is 0. The van der Waals surface area contributed by atoms with E-state index in [1.165, 1.54) is 0 Å². The van der Waals surface area contributed by atoms with Crippen molar-refractivity contribution >= 4 is 16.8 Å². The van der Waals surface area contributed by atoms with E-state index in [-0.39, 0.29) is 6.04 Å². The van der Waals surface area contributed by atoms with Crippen molar-refractivity contribution in [1.82, 2.24) is 20.0 Å². The zero-order valence-electron chi connectivity index (χ0n) is 11.3. The van der Waals surface area contributed by atoms with Gasteiger partial charge in [0.25, 0.3) is 0 Å². The molecule has 0 saturated carbocycles. The molecule has 0 aliphatic carbocycles. The normalized spacial score (nSPS) is 11.3. The van der Waals surface area contributed by atoms with Gasteiger partial charge in [-0.3, -0.25) is 14.6 Å². The second kappa shape index (κ2) is 4.48. The molecule has 0 fully saturated rings. The highest BCUT2D eigenvalue weighted by molar-refractivity contribution is 6.07. The summed E-state index contributed by atoms with van der Waals surface area (Å²) in [5, 5.41) is 11.8. The molecule has 0 aliphatic rings. The van der Waals surface area contributed by atoms with Crippen molar-refractivity contribution in [3.63, 3.8) is 0 Å². The van der Waals surface area contributed by atoms with E-state index in [2.05, 4.69) is 15.3 Å². The van der Waals surface area contributed by atoms with Crippen LogP contribution < -0.4 is 5.73 Å². The minimum atomic E-state index is -0.455. The molecule has 6 nitrogen and oxygen atoms in total. The lowest BCUT2D eigenvalue weighted by Gasteiger charge is -2.09. The topological polar surface area (TPSA) is 89.6 Å². The van der Waals surface area contributed by atoms with Crippen LogP contribution in [0.25, 0.3) is 22.0 Å². The fourth-order valence-electron chi connectivity index (χ4n) is 2.34. The Morgan fingerprint density at radius 3 is 2.70 bits per heavy atom. The lowest BCUT2D eigenvalue weighted by atomic mass is 10.0. The van der Waals surface area contributed by atoms with E-state index < -0.39 is 5.91 Å². The summed E-state index contributed by atoms with van der Waals surface area (Å²) in [6, 6.07) is 3.98. The minimum Gasteiger partial charge on any atom is -0.366 e. The molecule has 1 amide bonds. The number of fused-ring (bicyclic) bond motifs is 1. The first kappa shape index (κ1) is 12.4. The lowest BCUT2D eigenvalue weighted by Crippen LogP contribution is -2.11. The molecular weight excluding hydrogens is 254 g/mol. The number of nitrogens with two attached hydrogens (primary N) is 1. The molecule has 6 heteroatoms. The second-order valence-electron chi connectivity index (χ2n) is 4.99. The Kier molecular flexibility index (Phi) is 2.78. The minimum absolute atomic E-state index is 0.202. The van der Waals surface area contributed by atoms with Crippen LogP contribution in [0, 0.1) is 0 Å². The van der Waals surface area contributed by atoms with Gasteiger partial charge in [0.15, 0.2) is 0 Å². The second-order valence-corrected chi connectivity index (χ2v) is 4.99. The van der Waals surface area contributed by atoms with E-state index in [4.69, 9.17) is 5.73 Å². The van der Waals surface area contributed by atoms with E-state index in [1.54, 1.807) is 24.7 Å². The van der Waals surface area contributed by atoms with E-state index in [0.717, 1.165) is 22.0 Å². The maximum Gasteiger partial charge on any atom is 0.249 e. The molecule has 0 saturated heterocycles. The number of nitrogens with zero attached hydrogens (tertiary/aromatic N) is 3. The molecule has 0 unspecified atom stereocenters. The van der Waals surface area contributed by atoms with Crippen LogP contribution in [0.15, 0.2) is 30.7 Å². The van der Waals surface area contributed by atoms with Gasteiger partial charge >= 0.3 is 0 Å². The fraction of sp³-hybridized carbons (Fsp3) is 0.214. The molecule has 2 heterocycles. The summed E-state index contributed by atoms with van der Waals surface area (Å²) < 4.78 is 1.88. The van der Waals surface area contributed by atoms with Gasteiger partial charge in [0, 0.05) is 23.2 Å². The number of carbonyl (C=O) groups is 1. The standard InChI is InChI=1S/C14H15N5O/c1-8(2)19-13-4-9(10-5-16-17-6-10)3-11(14(15)20)12(13)7-18-19/h3-8H,1-2H3,(H2,15,20)(H,16,17). The average Bonchev–Trinajstić information content (AvgIpc) is 3.06. The zero-order chi connectivity index (χ0) is 14.3. The van der Waals surface area contributed by atoms with Gasteiger partial charge in [-0.05, 0) is 31.5 Å². The van der Waals surface area contributed by atoms with Gasteiger partial charge in [0.2, 0.25) is 5.91 Å². The third-order valence-corrected chi connectivity index (χ3v) is 3.30. The largest absolute Gasteiger partial charge is 0.366 e. The maximum absolute atomic E-state index is 11.7. The molecule has 3 rings (SSSR count). The van der Waals surface area contributed by atoms with Gasteiger partial charge in [-0.1, -0.05) is 0 Å². The van der Waals surface area contributed by atoms with Gasteiger partial charge in [-0.15, -0.1) is 0 Å². The first-order valence-corrected chi connectivity index (χ1v) is 6.38. The number of aromatic amines is 1. The van der Waals surface area contributed by atoms with Crippen molar-refractivity contribution in [2.24, 2.45) is 5.73 Å². The molecule has 3 N–H and O–H groups in total. The Morgan fingerprint density at radius 2 is 2.10 bits per heavy atom. The van der Waals surface area contributed by atoms with Crippen molar-refractivity contribution in [3.8, 4) is 11.1 Å². The van der Waals surface area contributed by atoms with Crippen LogP contribution in [0.2, 0.25) is 0 Å². The predicted octanol–water partition coefficient (Wildman–Crippen LogP) is 2.11. The quantitative estimate of drug-likeness (QED) is 0.763. The van der Waals surface area contributed by atoms with Crippen molar-refractivity contribution in [1.29, 1.82) is 0 Å². The van der Waals surface area contributed by atoms with E-state index in [9.17, 15) is 4.79 Å². The predicted molar refractivity (Wildman–Crippen MR) is 76.2 cm³/mol. The zero-order valence-corrected chi connectivity index (χ0v) is 11.3. The van der Waals surface area contributed by atoms with E-state index in [0.29, 0.717) is 5.56 Å². The molecular formula is C14H15N5O. The van der Waals surface area contributed by atoms with Gasteiger partial charge in [-0.25, -0.2) is 0 Å². The summed E-state index contributed by atoms with van der Waals surface area (Å²) in [6.45, 7) is 4.09. The van der Waals surface area contributed by atoms with Crippen molar-refractivity contribution < 1.29 is 4.79 Å². The molecule has 0 spiro atoms. The number of H-pyrrole nitrogens is 1. The first-order valence-electron chi connectivity index (χ1n) is 6.38. The summed E-state index contributed by atoms with van der Waals surface area (Å²) in [4.78, 5) is 11.7. The van der Waals surface area contributed by atoms with Crippen molar-refractivity contribution in [3.05, 3.63) is 36.3 Å². The molecule has 2 aromatic heterocycles. The van der Waals surface area contributed by atoms with Crippen LogP contribution in [0.5, 0.6) is 0 Å². The molecule has 3 aromatic rings. The molecule has 1 aromatic carbocycles. The van der Waals surface area contributed by atoms with Gasteiger partial charge in [-0.2, -0.15) is 10.2 Å². The number of rotatable bonds is 3. The van der Waals surface area contributed by atoms with Crippen LogP contribution in [-0.4, -0.2) is 25.9 Å². The first-order chi connectivity index (χ1) is 9.58. The highest BCUT2D eigenvalue weighted by atomic mass is 16.1. The Hall–Kier alpha value is -2.63. The summed E-state index contributed by atoms with van der Waals surface area (Å²) >= 11 is 0. The van der Waals surface area contributed by atoms with Crippen LogP contribution >= 0.6 is 0 Å². The number of hydrogen-bond acceptors (Lipinski definition) is 3. The molecule has 0 aliphatic heterocycles. The van der Waals surface area contributed by atoms with Crippen molar-refractivity contribution in [2.45, 2.75) is 19.9 Å². The third-order valence-electron chi connectivity index (χ3n) is 3.30. The van der Waals surface area contributed by atoms with Crippen LogP contribution in [0.3, 0.4) is 0 Å². The number of hydrogen-bond donors (Lipinski definition) is 2. The number of primary amides is 1. The average molecular weight is 269 g/mol. The van der Waals surface area contributed by atoms with Gasteiger partial charge in [0.05, 0.1) is 23.5 Å². The Bertz CT molecular complexity index is 770. The third kappa shape index (κ3) is 1.85. The number of nitrogens with one attached hydrogen (secondary N) is 1. The van der Waals surface area contributed by atoms with Crippen LogP contribution in [0.1, 0.15) is 30.2 Å². The molecule has 0 atom stereocenters. The van der Waals surface area contributed by atoms with E-state index in [1.807, 2.05) is 24.6 Å². The van der Waals surface area contributed by atoms with Crippen LogP contribution in [-0.2, 0) is 0 Å². The van der Waals surface area contributed by atoms with Gasteiger partial charge < -0.3 is 5.73 Å². The summed E-state index contributed by atoms with van der Waals surface area (Å²) in [5.74, 6) is -0.455. The lowest BCUT2D eigenvalue weighted by molar-refractivity contribution is 0.100.